The van der Waals surface area contributed by atoms with Crippen molar-refractivity contribution in [2.75, 3.05) is 18.5 Å². The molecule has 3 aliphatic heterocycles. The van der Waals surface area contributed by atoms with Gasteiger partial charge < -0.3 is 14.8 Å². The summed E-state index contributed by atoms with van der Waals surface area (Å²) < 4.78 is 11.4. The van der Waals surface area contributed by atoms with Gasteiger partial charge in [0.15, 0.2) is 0 Å². The van der Waals surface area contributed by atoms with E-state index in [0.29, 0.717) is 23.9 Å². The van der Waals surface area contributed by atoms with E-state index in [2.05, 4.69) is 11.4 Å². The molecule has 3 heterocycles. The number of hydrogen-bond donors (Lipinski definition) is 1. The number of hydrogen-bond acceptors (Lipinski definition) is 3. The monoisotopic (exact) mass is 313 g/mol. The minimum absolute atomic E-state index is 0.0757. The van der Waals surface area contributed by atoms with Crippen LogP contribution in [-0.2, 0) is 16.6 Å². The van der Waals surface area contributed by atoms with E-state index in [-0.39, 0.29) is 5.91 Å². The number of nitrogens with one attached hydrogen (secondary N) is 1. The van der Waals surface area contributed by atoms with Gasteiger partial charge in [-0.05, 0) is 17.7 Å². The van der Waals surface area contributed by atoms with Gasteiger partial charge in [-0.3, -0.25) is 4.79 Å². The smallest absolute Gasteiger partial charge is 0.243 e. The van der Waals surface area contributed by atoms with Crippen LogP contribution in [0.5, 0.6) is 11.5 Å². The maximum atomic E-state index is 12.8. The van der Waals surface area contributed by atoms with E-state index in [1.165, 1.54) is 0 Å². The molecule has 1 amide bonds. The zero-order chi connectivity index (χ0) is 14.9. The molecule has 1 spiro atoms. The molecule has 0 radical (unpaired) electrons. The molecule has 22 heavy (non-hydrogen) atoms. The lowest BCUT2D eigenvalue weighted by Crippen LogP contribution is -2.37. The Labute approximate surface area is 132 Å². The van der Waals surface area contributed by atoms with E-state index in [4.69, 9.17) is 21.1 Å². The number of carbonyl (C=O) groups excluding carboxylic acids is 1. The highest BCUT2D eigenvalue weighted by molar-refractivity contribution is 6.35. The molecule has 5 rings (SSSR count). The molecule has 5 heteroatoms. The van der Waals surface area contributed by atoms with Crippen LogP contribution >= 0.6 is 11.6 Å². The van der Waals surface area contributed by atoms with E-state index in [9.17, 15) is 4.79 Å². The Morgan fingerprint density at radius 1 is 1.14 bits per heavy atom. The van der Waals surface area contributed by atoms with Gasteiger partial charge in [0.05, 0.1) is 17.3 Å². The standard InChI is InChI=1S/C17H12ClNO3/c18-12-3-1-2-10-15(12)19-16(20)17(10)8-22-14-7-13-9(4-5-21-13)6-11(14)17/h1-3,6-7H,4-5,8H2,(H,19,20). The molecule has 4 nitrogen and oxygen atoms in total. The van der Waals surface area contributed by atoms with Gasteiger partial charge in [0.1, 0.15) is 23.5 Å². The molecule has 3 aliphatic rings. The van der Waals surface area contributed by atoms with Gasteiger partial charge in [-0.2, -0.15) is 0 Å². The largest absolute Gasteiger partial charge is 0.493 e. The molecule has 0 bridgehead atoms. The van der Waals surface area contributed by atoms with Crippen LogP contribution in [0.2, 0.25) is 5.02 Å². The van der Waals surface area contributed by atoms with E-state index in [1.54, 1.807) is 6.07 Å². The summed E-state index contributed by atoms with van der Waals surface area (Å²) in [6.07, 6.45) is 0.864. The Kier molecular flexibility index (Phi) is 2.22. The summed E-state index contributed by atoms with van der Waals surface area (Å²) in [4.78, 5) is 12.8. The normalized spacial score (nSPS) is 23.6. The van der Waals surface area contributed by atoms with Crippen molar-refractivity contribution in [3.05, 3.63) is 52.0 Å². The fourth-order valence-electron chi connectivity index (χ4n) is 3.68. The van der Waals surface area contributed by atoms with Crippen LogP contribution in [0, 0.1) is 0 Å². The van der Waals surface area contributed by atoms with Crippen LogP contribution in [0.3, 0.4) is 0 Å². The van der Waals surface area contributed by atoms with Gasteiger partial charge in [0.2, 0.25) is 5.91 Å². The molecule has 0 fully saturated rings. The Bertz CT molecular complexity index is 848. The third-order valence-corrected chi connectivity index (χ3v) is 5.11. The summed E-state index contributed by atoms with van der Waals surface area (Å²) in [5.74, 6) is 1.51. The topological polar surface area (TPSA) is 47.6 Å². The van der Waals surface area contributed by atoms with Crippen LogP contribution < -0.4 is 14.8 Å². The molecule has 0 aromatic heterocycles. The van der Waals surface area contributed by atoms with Crippen molar-refractivity contribution in [2.24, 2.45) is 0 Å². The summed E-state index contributed by atoms with van der Waals surface area (Å²) in [6.45, 7) is 0.976. The lowest BCUT2D eigenvalue weighted by molar-refractivity contribution is -0.119. The van der Waals surface area contributed by atoms with Crippen LogP contribution in [0.1, 0.15) is 16.7 Å². The average molecular weight is 314 g/mol. The molecular formula is C17H12ClNO3. The van der Waals surface area contributed by atoms with Crippen LogP contribution in [-0.4, -0.2) is 19.1 Å². The highest BCUT2D eigenvalue weighted by Crippen LogP contribution is 2.53. The van der Waals surface area contributed by atoms with E-state index in [0.717, 1.165) is 34.6 Å². The number of rotatable bonds is 0. The van der Waals surface area contributed by atoms with Gasteiger partial charge >= 0.3 is 0 Å². The second-order valence-electron chi connectivity index (χ2n) is 5.87. The van der Waals surface area contributed by atoms with Crippen molar-refractivity contribution in [1.29, 1.82) is 0 Å². The highest BCUT2D eigenvalue weighted by atomic mass is 35.5. The maximum absolute atomic E-state index is 12.8. The van der Waals surface area contributed by atoms with Gasteiger partial charge in [0.25, 0.3) is 0 Å². The molecule has 0 saturated heterocycles. The van der Waals surface area contributed by atoms with Crippen LogP contribution in [0.4, 0.5) is 5.69 Å². The number of benzene rings is 2. The van der Waals surface area contributed by atoms with E-state index >= 15 is 0 Å². The summed E-state index contributed by atoms with van der Waals surface area (Å²) in [7, 11) is 0. The minimum Gasteiger partial charge on any atom is -0.493 e. The number of amides is 1. The van der Waals surface area contributed by atoms with Crippen LogP contribution in [0.15, 0.2) is 30.3 Å². The van der Waals surface area contributed by atoms with Crippen molar-refractivity contribution in [3.8, 4) is 11.5 Å². The average Bonchev–Trinajstić information content (AvgIpc) is 3.18. The van der Waals surface area contributed by atoms with Gasteiger partial charge in [-0.25, -0.2) is 0 Å². The fraction of sp³-hybridized carbons (Fsp3) is 0.235. The SMILES string of the molecule is O=C1Nc2c(Cl)cccc2C12COc1cc3c(cc12)CCO3. The van der Waals surface area contributed by atoms with Crippen molar-refractivity contribution in [1.82, 2.24) is 0 Å². The summed E-state index contributed by atoms with van der Waals surface area (Å²) >= 11 is 6.24. The van der Waals surface area contributed by atoms with E-state index in [1.807, 2.05) is 18.2 Å². The molecular weight excluding hydrogens is 302 g/mol. The first-order valence-corrected chi connectivity index (χ1v) is 7.61. The Hall–Kier alpha value is -2.20. The predicted octanol–water partition coefficient (Wildman–Crippen LogP) is 2.91. The number of anilines is 1. The molecule has 1 N–H and O–H groups in total. The minimum atomic E-state index is -0.798. The zero-order valence-electron chi connectivity index (χ0n) is 11.6. The summed E-state index contributed by atoms with van der Waals surface area (Å²) in [5.41, 5.74) is 2.83. The third kappa shape index (κ3) is 1.32. The molecule has 110 valence electrons. The molecule has 0 aliphatic carbocycles. The third-order valence-electron chi connectivity index (χ3n) is 4.80. The Balaban J connectivity index is 1.79. The zero-order valence-corrected chi connectivity index (χ0v) is 12.4. The van der Waals surface area contributed by atoms with E-state index < -0.39 is 5.41 Å². The summed E-state index contributed by atoms with van der Waals surface area (Å²) in [5, 5.41) is 3.48. The maximum Gasteiger partial charge on any atom is 0.243 e. The molecule has 2 aromatic rings. The first kappa shape index (κ1) is 12.4. The Morgan fingerprint density at radius 3 is 2.95 bits per heavy atom. The number of fused-ring (bicyclic) bond motifs is 5. The van der Waals surface area contributed by atoms with Crippen molar-refractivity contribution >= 4 is 23.2 Å². The van der Waals surface area contributed by atoms with Crippen molar-refractivity contribution in [2.45, 2.75) is 11.8 Å². The molecule has 1 atom stereocenters. The lowest BCUT2D eigenvalue weighted by Gasteiger charge is -2.20. The van der Waals surface area contributed by atoms with Crippen molar-refractivity contribution in [3.63, 3.8) is 0 Å². The van der Waals surface area contributed by atoms with Gasteiger partial charge in [-0.1, -0.05) is 23.7 Å². The van der Waals surface area contributed by atoms with Crippen molar-refractivity contribution < 1.29 is 14.3 Å². The molecule has 2 aromatic carbocycles. The number of ether oxygens (including phenoxy) is 2. The van der Waals surface area contributed by atoms with Gasteiger partial charge in [-0.15, -0.1) is 0 Å². The van der Waals surface area contributed by atoms with Crippen LogP contribution in [0.25, 0.3) is 0 Å². The second-order valence-corrected chi connectivity index (χ2v) is 6.27. The quantitative estimate of drug-likeness (QED) is 0.813. The number of halogens is 1. The second kappa shape index (κ2) is 3.96. The Morgan fingerprint density at radius 2 is 2.05 bits per heavy atom. The first-order valence-electron chi connectivity index (χ1n) is 7.23. The number of carbonyl (C=O) groups is 1. The fourth-order valence-corrected chi connectivity index (χ4v) is 3.91. The molecule has 1 unspecified atom stereocenters. The number of para-hydroxylation sites is 1. The lowest BCUT2D eigenvalue weighted by atomic mass is 9.76. The summed E-state index contributed by atoms with van der Waals surface area (Å²) in [6, 6.07) is 9.56. The molecule has 0 saturated carbocycles. The van der Waals surface area contributed by atoms with Gasteiger partial charge in [0, 0.05) is 23.6 Å². The first-order chi connectivity index (χ1) is 10.7. The predicted molar refractivity (Wildman–Crippen MR) is 82.0 cm³/mol. The highest BCUT2D eigenvalue weighted by Gasteiger charge is 2.54.